The molecule has 3 rings (SSSR count). The number of quaternary nitrogens is 1. The van der Waals surface area contributed by atoms with Crippen LogP contribution in [-0.2, 0) is 0 Å². The summed E-state index contributed by atoms with van der Waals surface area (Å²) in [6.45, 7) is 8.06. The first-order valence-corrected chi connectivity index (χ1v) is 9.87. The van der Waals surface area contributed by atoms with E-state index in [-0.39, 0.29) is 6.10 Å². The topological polar surface area (TPSA) is 33.9 Å². The van der Waals surface area contributed by atoms with Crippen molar-refractivity contribution in [2.45, 2.75) is 58.0 Å². The van der Waals surface area contributed by atoms with E-state index in [1.807, 2.05) is 12.1 Å². The summed E-state index contributed by atoms with van der Waals surface area (Å²) in [5.41, 5.74) is 1.22. The normalized spacial score (nSPS) is 28.4. The number of hydrogen-bond donors (Lipinski definition) is 2. The number of rotatable bonds is 6. The highest BCUT2D eigenvalue weighted by Crippen LogP contribution is 2.32. The van der Waals surface area contributed by atoms with Crippen molar-refractivity contribution in [1.82, 2.24) is 0 Å². The van der Waals surface area contributed by atoms with Gasteiger partial charge in [0.25, 0.3) is 0 Å². The van der Waals surface area contributed by atoms with Gasteiger partial charge in [-0.05, 0) is 42.7 Å². The lowest BCUT2D eigenvalue weighted by molar-refractivity contribution is -0.913. The van der Waals surface area contributed by atoms with Gasteiger partial charge in [0.05, 0.1) is 13.1 Å². The summed E-state index contributed by atoms with van der Waals surface area (Å²) in [6, 6.07) is 8.19. The van der Waals surface area contributed by atoms with E-state index in [2.05, 4.69) is 26.0 Å². The van der Waals surface area contributed by atoms with Gasteiger partial charge in [-0.3, -0.25) is 0 Å². The molecule has 2 fully saturated rings. The Balaban J connectivity index is 1.47. The van der Waals surface area contributed by atoms with E-state index in [0.717, 1.165) is 24.1 Å². The SMILES string of the molecule is CC(C)c1ccccc1OC[C@@H](O)C[NH+]1CC[C@H]2CCCC[C@H]2C1. The second kappa shape index (κ2) is 8.35. The van der Waals surface area contributed by atoms with E-state index in [1.54, 1.807) is 4.90 Å². The van der Waals surface area contributed by atoms with Crippen LogP contribution in [0.4, 0.5) is 0 Å². The second-order valence-corrected chi connectivity index (χ2v) is 8.16. The number of ether oxygens (including phenoxy) is 1. The maximum atomic E-state index is 10.4. The Hall–Kier alpha value is -1.06. The first kappa shape index (κ1) is 17.8. The zero-order chi connectivity index (χ0) is 16.9. The van der Waals surface area contributed by atoms with Gasteiger partial charge < -0.3 is 14.7 Å². The number of benzene rings is 1. The van der Waals surface area contributed by atoms with Crippen molar-refractivity contribution in [3.63, 3.8) is 0 Å². The van der Waals surface area contributed by atoms with E-state index in [1.165, 1.54) is 50.8 Å². The molecule has 134 valence electrons. The van der Waals surface area contributed by atoms with Crippen molar-refractivity contribution in [3.8, 4) is 5.75 Å². The minimum Gasteiger partial charge on any atom is -0.490 e. The molecule has 1 aliphatic heterocycles. The highest BCUT2D eigenvalue weighted by molar-refractivity contribution is 5.35. The fourth-order valence-electron chi connectivity index (χ4n) is 4.65. The average Bonchev–Trinajstić information content (AvgIpc) is 2.60. The molecule has 0 aromatic heterocycles. The molecule has 0 spiro atoms. The van der Waals surface area contributed by atoms with E-state index in [9.17, 15) is 5.11 Å². The van der Waals surface area contributed by atoms with E-state index < -0.39 is 0 Å². The van der Waals surface area contributed by atoms with Gasteiger partial charge in [-0.25, -0.2) is 0 Å². The maximum Gasteiger partial charge on any atom is 0.137 e. The summed E-state index contributed by atoms with van der Waals surface area (Å²) in [6.07, 6.45) is 6.66. The molecule has 3 heteroatoms. The number of aliphatic hydroxyl groups excluding tert-OH is 1. The molecule has 0 amide bonds. The number of piperidine rings is 1. The summed E-state index contributed by atoms with van der Waals surface area (Å²) in [5, 5.41) is 10.4. The molecule has 1 heterocycles. The number of para-hydroxylation sites is 1. The molecule has 2 aliphatic rings. The fraction of sp³-hybridized carbons (Fsp3) is 0.714. The second-order valence-electron chi connectivity index (χ2n) is 8.16. The van der Waals surface area contributed by atoms with E-state index in [4.69, 9.17) is 4.74 Å². The minimum absolute atomic E-state index is 0.375. The van der Waals surface area contributed by atoms with Crippen molar-refractivity contribution < 1.29 is 14.7 Å². The van der Waals surface area contributed by atoms with Crippen LogP contribution in [-0.4, -0.2) is 37.5 Å². The van der Waals surface area contributed by atoms with Crippen LogP contribution >= 0.6 is 0 Å². The van der Waals surface area contributed by atoms with Crippen LogP contribution in [0.3, 0.4) is 0 Å². The van der Waals surface area contributed by atoms with Crippen molar-refractivity contribution in [2.75, 3.05) is 26.2 Å². The Morgan fingerprint density at radius 1 is 1.12 bits per heavy atom. The summed E-state index contributed by atoms with van der Waals surface area (Å²) in [5.74, 6) is 3.23. The summed E-state index contributed by atoms with van der Waals surface area (Å²) < 4.78 is 5.95. The molecule has 1 saturated heterocycles. The highest BCUT2D eigenvalue weighted by Gasteiger charge is 2.34. The van der Waals surface area contributed by atoms with E-state index >= 15 is 0 Å². The molecule has 2 N–H and O–H groups in total. The van der Waals surface area contributed by atoms with Gasteiger partial charge in [0.1, 0.15) is 25.0 Å². The lowest BCUT2D eigenvalue weighted by Crippen LogP contribution is -3.15. The molecule has 1 aromatic rings. The molecule has 0 radical (unpaired) electrons. The van der Waals surface area contributed by atoms with Gasteiger partial charge in [-0.2, -0.15) is 0 Å². The molecule has 1 aliphatic carbocycles. The maximum absolute atomic E-state index is 10.4. The van der Waals surface area contributed by atoms with Crippen LogP contribution in [0, 0.1) is 11.8 Å². The molecule has 24 heavy (non-hydrogen) atoms. The Labute approximate surface area is 147 Å². The van der Waals surface area contributed by atoms with Crippen molar-refractivity contribution in [1.29, 1.82) is 0 Å². The minimum atomic E-state index is -0.375. The molecule has 1 saturated carbocycles. The van der Waals surface area contributed by atoms with Gasteiger partial charge in [0.2, 0.25) is 0 Å². The van der Waals surface area contributed by atoms with Gasteiger partial charge in [0, 0.05) is 5.92 Å². The first-order chi connectivity index (χ1) is 11.6. The molecule has 1 aromatic carbocycles. The predicted molar refractivity (Wildman–Crippen MR) is 97.7 cm³/mol. The van der Waals surface area contributed by atoms with Crippen molar-refractivity contribution in [3.05, 3.63) is 29.8 Å². The number of aliphatic hydroxyl groups is 1. The van der Waals surface area contributed by atoms with Gasteiger partial charge in [0.15, 0.2) is 0 Å². The van der Waals surface area contributed by atoms with Gasteiger partial charge >= 0.3 is 0 Å². The van der Waals surface area contributed by atoms with Crippen LogP contribution < -0.4 is 9.64 Å². The molecule has 3 nitrogen and oxygen atoms in total. The highest BCUT2D eigenvalue weighted by atomic mass is 16.5. The molecule has 1 unspecified atom stereocenters. The summed E-state index contributed by atoms with van der Waals surface area (Å²) in [4.78, 5) is 1.58. The molecular weight excluding hydrogens is 298 g/mol. The molecule has 0 bridgehead atoms. The smallest absolute Gasteiger partial charge is 0.137 e. The zero-order valence-electron chi connectivity index (χ0n) is 15.3. The third kappa shape index (κ3) is 4.52. The number of likely N-dealkylation sites (tertiary alicyclic amines) is 1. The third-order valence-electron chi connectivity index (χ3n) is 5.98. The van der Waals surface area contributed by atoms with Crippen LogP contribution in [0.15, 0.2) is 24.3 Å². The quantitative estimate of drug-likeness (QED) is 0.840. The average molecular weight is 333 g/mol. The van der Waals surface area contributed by atoms with Crippen LogP contribution in [0.2, 0.25) is 0 Å². The predicted octanol–water partition coefficient (Wildman–Crippen LogP) is 2.64. The van der Waals surface area contributed by atoms with Gasteiger partial charge in [-0.1, -0.05) is 44.9 Å². The summed E-state index contributed by atoms with van der Waals surface area (Å²) >= 11 is 0. The Kier molecular flexibility index (Phi) is 6.18. The van der Waals surface area contributed by atoms with Crippen LogP contribution in [0.1, 0.15) is 57.4 Å². The first-order valence-electron chi connectivity index (χ1n) is 9.87. The Morgan fingerprint density at radius 2 is 1.88 bits per heavy atom. The van der Waals surface area contributed by atoms with Crippen LogP contribution in [0.5, 0.6) is 5.75 Å². The molecule has 4 atom stereocenters. The number of fused-ring (bicyclic) bond motifs is 1. The standard InChI is InChI=1S/C21H33NO2/c1-16(2)20-9-5-6-10-21(20)24-15-19(23)14-22-12-11-17-7-3-4-8-18(17)13-22/h5-6,9-10,16-19,23H,3-4,7-8,11-15H2,1-2H3/p+1/t17-,18+,19+/m1/s1. The lowest BCUT2D eigenvalue weighted by Gasteiger charge is -2.39. The Bertz CT molecular complexity index is 516. The zero-order valence-corrected chi connectivity index (χ0v) is 15.3. The fourth-order valence-corrected chi connectivity index (χ4v) is 4.65. The molecular formula is C21H34NO2+. The number of nitrogens with one attached hydrogen (secondary N) is 1. The van der Waals surface area contributed by atoms with Crippen molar-refractivity contribution in [2.24, 2.45) is 11.8 Å². The largest absolute Gasteiger partial charge is 0.490 e. The number of hydrogen-bond acceptors (Lipinski definition) is 2. The van der Waals surface area contributed by atoms with E-state index in [0.29, 0.717) is 12.5 Å². The third-order valence-corrected chi connectivity index (χ3v) is 5.98. The summed E-state index contributed by atoms with van der Waals surface area (Å²) in [7, 11) is 0. The monoisotopic (exact) mass is 332 g/mol. The van der Waals surface area contributed by atoms with Crippen LogP contribution in [0.25, 0.3) is 0 Å². The van der Waals surface area contributed by atoms with Crippen molar-refractivity contribution >= 4 is 0 Å². The lowest BCUT2D eigenvalue weighted by atomic mass is 9.75. The Morgan fingerprint density at radius 3 is 2.67 bits per heavy atom. The van der Waals surface area contributed by atoms with Gasteiger partial charge in [-0.15, -0.1) is 0 Å².